The van der Waals surface area contributed by atoms with Crippen molar-refractivity contribution in [3.8, 4) is 0 Å². The highest BCUT2D eigenvalue weighted by atomic mass is 32.2. The highest BCUT2D eigenvalue weighted by molar-refractivity contribution is 7.90. The molecular formula is C9H18N6O2S. The molecule has 1 aromatic rings. The van der Waals surface area contributed by atoms with Gasteiger partial charge < -0.3 is 15.5 Å². The number of nitrogens with zero attached hydrogens (tertiary/aromatic N) is 4. The molecule has 0 aliphatic carbocycles. The maximum Gasteiger partial charge on any atom is 0.231 e. The highest BCUT2D eigenvalue weighted by Gasteiger charge is 2.08. The van der Waals surface area contributed by atoms with Crippen molar-refractivity contribution < 1.29 is 8.42 Å². The smallest absolute Gasteiger partial charge is 0.231 e. The first-order valence-corrected chi connectivity index (χ1v) is 7.40. The molecule has 0 radical (unpaired) electrons. The van der Waals surface area contributed by atoms with E-state index >= 15 is 0 Å². The summed E-state index contributed by atoms with van der Waals surface area (Å²) in [5.41, 5.74) is 0. The van der Waals surface area contributed by atoms with Gasteiger partial charge in [-0.3, -0.25) is 0 Å². The average Bonchev–Trinajstić information content (AvgIpc) is 2.26. The standard InChI is InChI=1S/C9H18N6O2S/c1-10-7-12-8(11-5-6-18(4,16)17)14-9(13-7)15(2)3/h5-6H2,1-4H3,(H2,10,11,12,13,14). The van der Waals surface area contributed by atoms with E-state index in [4.69, 9.17) is 0 Å². The van der Waals surface area contributed by atoms with Crippen LogP contribution >= 0.6 is 0 Å². The quantitative estimate of drug-likeness (QED) is 0.712. The van der Waals surface area contributed by atoms with Crippen LogP contribution in [-0.4, -0.2) is 63.1 Å². The third-order valence-corrected chi connectivity index (χ3v) is 2.95. The molecule has 0 spiro atoms. The zero-order valence-electron chi connectivity index (χ0n) is 10.9. The van der Waals surface area contributed by atoms with Crippen molar-refractivity contribution in [2.75, 3.05) is 55.2 Å². The average molecular weight is 274 g/mol. The monoisotopic (exact) mass is 274 g/mol. The van der Waals surface area contributed by atoms with Gasteiger partial charge in [0, 0.05) is 33.9 Å². The molecule has 18 heavy (non-hydrogen) atoms. The van der Waals surface area contributed by atoms with Crippen molar-refractivity contribution in [1.29, 1.82) is 0 Å². The van der Waals surface area contributed by atoms with E-state index in [9.17, 15) is 8.42 Å². The zero-order chi connectivity index (χ0) is 13.8. The maximum absolute atomic E-state index is 11.0. The Morgan fingerprint density at radius 3 is 2.28 bits per heavy atom. The Labute approximate surface area is 107 Å². The third-order valence-electron chi connectivity index (χ3n) is 2.00. The van der Waals surface area contributed by atoms with Gasteiger partial charge in [-0.1, -0.05) is 0 Å². The SMILES string of the molecule is CNc1nc(NCCS(C)(=O)=O)nc(N(C)C)n1. The first kappa shape index (κ1) is 14.4. The molecule has 1 aromatic heterocycles. The molecule has 0 atom stereocenters. The van der Waals surface area contributed by atoms with Crippen LogP contribution in [0.1, 0.15) is 0 Å². The molecule has 0 saturated carbocycles. The van der Waals surface area contributed by atoms with E-state index in [0.717, 1.165) is 0 Å². The summed E-state index contributed by atoms with van der Waals surface area (Å²) in [6.07, 6.45) is 1.19. The Morgan fingerprint density at radius 1 is 1.17 bits per heavy atom. The number of rotatable bonds is 6. The number of hydrogen-bond donors (Lipinski definition) is 2. The molecule has 9 heteroatoms. The second-order valence-corrected chi connectivity index (χ2v) is 6.24. The van der Waals surface area contributed by atoms with E-state index in [1.54, 1.807) is 11.9 Å². The lowest BCUT2D eigenvalue weighted by molar-refractivity contribution is 0.602. The van der Waals surface area contributed by atoms with Gasteiger partial charge in [-0.2, -0.15) is 15.0 Å². The van der Waals surface area contributed by atoms with Crippen molar-refractivity contribution >= 4 is 27.7 Å². The highest BCUT2D eigenvalue weighted by Crippen LogP contribution is 2.10. The predicted molar refractivity (Wildman–Crippen MR) is 71.9 cm³/mol. The zero-order valence-corrected chi connectivity index (χ0v) is 11.7. The topological polar surface area (TPSA) is 100 Å². The minimum Gasteiger partial charge on any atom is -0.357 e. The summed E-state index contributed by atoms with van der Waals surface area (Å²) in [5.74, 6) is 1.30. The summed E-state index contributed by atoms with van der Waals surface area (Å²) in [5, 5.41) is 5.69. The first-order valence-electron chi connectivity index (χ1n) is 5.34. The van der Waals surface area contributed by atoms with Crippen LogP contribution in [0.25, 0.3) is 0 Å². The van der Waals surface area contributed by atoms with E-state index in [0.29, 0.717) is 17.8 Å². The Morgan fingerprint density at radius 2 is 1.78 bits per heavy atom. The molecule has 0 fully saturated rings. The van der Waals surface area contributed by atoms with Crippen molar-refractivity contribution in [1.82, 2.24) is 15.0 Å². The number of hydrogen-bond acceptors (Lipinski definition) is 8. The fourth-order valence-corrected chi connectivity index (χ4v) is 1.58. The summed E-state index contributed by atoms with van der Waals surface area (Å²) >= 11 is 0. The van der Waals surface area contributed by atoms with Gasteiger partial charge in [0.1, 0.15) is 9.84 Å². The van der Waals surface area contributed by atoms with Gasteiger partial charge in [-0.25, -0.2) is 8.42 Å². The molecule has 0 aliphatic rings. The van der Waals surface area contributed by atoms with Crippen LogP contribution < -0.4 is 15.5 Å². The lowest BCUT2D eigenvalue weighted by Crippen LogP contribution is -2.19. The summed E-state index contributed by atoms with van der Waals surface area (Å²) in [6.45, 7) is 0.263. The second-order valence-electron chi connectivity index (χ2n) is 3.98. The molecule has 0 bridgehead atoms. The van der Waals surface area contributed by atoms with E-state index in [1.807, 2.05) is 14.1 Å². The van der Waals surface area contributed by atoms with E-state index < -0.39 is 9.84 Å². The van der Waals surface area contributed by atoms with Gasteiger partial charge in [0.15, 0.2) is 0 Å². The Balaban J connectivity index is 2.78. The molecular weight excluding hydrogens is 256 g/mol. The van der Waals surface area contributed by atoms with Gasteiger partial charge in [0.25, 0.3) is 0 Å². The normalized spacial score (nSPS) is 11.1. The largest absolute Gasteiger partial charge is 0.357 e. The van der Waals surface area contributed by atoms with Gasteiger partial charge >= 0.3 is 0 Å². The molecule has 0 aromatic carbocycles. The lowest BCUT2D eigenvalue weighted by Gasteiger charge is -2.13. The Hall–Kier alpha value is -1.64. The van der Waals surface area contributed by atoms with Crippen molar-refractivity contribution in [2.45, 2.75) is 0 Å². The van der Waals surface area contributed by atoms with Crippen LogP contribution in [0.3, 0.4) is 0 Å². The predicted octanol–water partition coefficient (Wildman–Crippen LogP) is -0.564. The fourth-order valence-electron chi connectivity index (χ4n) is 1.10. The summed E-state index contributed by atoms with van der Waals surface area (Å²) in [4.78, 5) is 14.1. The molecule has 1 rings (SSSR count). The van der Waals surface area contributed by atoms with Crippen LogP contribution in [-0.2, 0) is 9.84 Å². The van der Waals surface area contributed by atoms with Crippen LogP contribution in [0.2, 0.25) is 0 Å². The van der Waals surface area contributed by atoms with Crippen molar-refractivity contribution in [3.63, 3.8) is 0 Å². The number of sulfone groups is 1. The maximum atomic E-state index is 11.0. The van der Waals surface area contributed by atoms with Crippen LogP contribution in [0, 0.1) is 0 Å². The lowest BCUT2D eigenvalue weighted by atomic mass is 10.7. The van der Waals surface area contributed by atoms with E-state index in [-0.39, 0.29) is 12.3 Å². The van der Waals surface area contributed by atoms with E-state index in [1.165, 1.54) is 6.26 Å². The third kappa shape index (κ3) is 4.70. The number of anilines is 3. The molecule has 0 unspecified atom stereocenters. The minimum atomic E-state index is -3.00. The second kappa shape index (κ2) is 5.80. The van der Waals surface area contributed by atoms with Crippen molar-refractivity contribution in [2.24, 2.45) is 0 Å². The molecule has 0 aliphatic heterocycles. The van der Waals surface area contributed by atoms with Crippen LogP contribution in [0.4, 0.5) is 17.8 Å². The number of aromatic nitrogens is 3. The first-order chi connectivity index (χ1) is 8.31. The van der Waals surface area contributed by atoms with E-state index in [2.05, 4.69) is 25.6 Å². The number of nitrogens with one attached hydrogen (secondary N) is 2. The molecule has 8 nitrogen and oxygen atoms in total. The Kier molecular flexibility index (Phi) is 4.65. The molecule has 1 heterocycles. The van der Waals surface area contributed by atoms with Gasteiger partial charge in [0.05, 0.1) is 5.75 Å². The van der Waals surface area contributed by atoms with Crippen LogP contribution in [0.15, 0.2) is 0 Å². The van der Waals surface area contributed by atoms with Gasteiger partial charge in [-0.15, -0.1) is 0 Å². The van der Waals surface area contributed by atoms with Gasteiger partial charge in [-0.05, 0) is 0 Å². The van der Waals surface area contributed by atoms with Crippen LogP contribution in [0.5, 0.6) is 0 Å². The molecule has 102 valence electrons. The Bertz CT molecular complexity index is 502. The van der Waals surface area contributed by atoms with Gasteiger partial charge in [0.2, 0.25) is 17.8 Å². The molecule has 0 amide bonds. The summed E-state index contributed by atoms with van der Waals surface area (Å²) in [7, 11) is 2.34. The summed E-state index contributed by atoms with van der Waals surface area (Å²) in [6, 6.07) is 0. The fraction of sp³-hybridized carbons (Fsp3) is 0.667. The summed E-state index contributed by atoms with van der Waals surface area (Å²) < 4.78 is 22.0. The molecule has 0 saturated heterocycles. The van der Waals surface area contributed by atoms with Crippen molar-refractivity contribution in [3.05, 3.63) is 0 Å². The molecule has 2 N–H and O–H groups in total. The minimum absolute atomic E-state index is 0.0326.